The summed E-state index contributed by atoms with van der Waals surface area (Å²) in [7, 11) is 0. The van der Waals surface area contributed by atoms with E-state index >= 15 is 0 Å². The molecule has 0 nitrogen and oxygen atoms in total. The molecule has 13 heavy (non-hydrogen) atoms. The van der Waals surface area contributed by atoms with Crippen LogP contribution in [0.3, 0.4) is 0 Å². The Morgan fingerprint density at radius 3 is 2.31 bits per heavy atom. The quantitative estimate of drug-likeness (QED) is 0.566. The van der Waals surface area contributed by atoms with Crippen LogP contribution in [0, 0.1) is 13.8 Å². The molecule has 0 aromatic heterocycles. The maximum atomic E-state index is 2.34. The van der Waals surface area contributed by atoms with Gasteiger partial charge in [0.1, 0.15) is 0 Å². The van der Waals surface area contributed by atoms with E-state index in [0.717, 1.165) is 0 Å². The van der Waals surface area contributed by atoms with Gasteiger partial charge in [0.15, 0.2) is 0 Å². The van der Waals surface area contributed by atoms with Crippen LogP contribution >= 0.6 is 0 Å². The van der Waals surface area contributed by atoms with Gasteiger partial charge < -0.3 is 0 Å². The lowest BCUT2D eigenvalue weighted by Gasteiger charge is -2.10. The molecule has 0 saturated carbocycles. The molecule has 0 spiro atoms. The second-order valence-corrected chi connectivity index (χ2v) is 4.03. The molecule has 0 aliphatic heterocycles. The Morgan fingerprint density at radius 2 is 1.77 bits per heavy atom. The Morgan fingerprint density at radius 1 is 1.08 bits per heavy atom. The summed E-state index contributed by atoms with van der Waals surface area (Å²) in [6.07, 6.45) is 7.18. The van der Waals surface area contributed by atoms with E-state index in [1.165, 1.54) is 29.5 Å². The van der Waals surface area contributed by atoms with Gasteiger partial charge >= 0.3 is 0 Å². The van der Waals surface area contributed by atoms with Gasteiger partial charge in [0, 0.05) is 5.92 Å². The molecule has 68 valence electrons. The lowest BCUT2D eigenvalue weighted by molar-refractivity contribution is 0.799. The smallest absolute Gasteiger partial charge is 0.00211 e. The Balaban J connectivity index is 2.34. The van der Waals surface area contributed by atoms with Gasteiger partial charge in [-0.2, -0.15) is 0 Å². The van der Waals surface area contributed by atoms with Crippen LogP contribution in [0.15, 0.2) is 30.4 Å². The van der Waals surface area contributed by atoms with Gasteiger partial charge in [0.2, 0.25) is 0 Å². The van der Waals surface area contributed by atoms with E-state index in [1.807, 2.05) is 0 Å². The van der Waals surface area contributed by atoms with Crippen molar-refractivity contribution < 1.29 is 0 Å². The van der Waals surface area contributed by atoms with Crippen LogP contribution in [-0.2, 0) is 0 Å². The number of benzene rings is 1. The van der Waals surface area contributed by atoms with E-state index in [4.69, 9.17) is 0 Å². The summed E-state index contributed by atoms with van der Waals surface area (Å²) in [6, 6.07) is 6.86. The highest BCUT2D eigenvalue weighted by atomic mass is 14.2. The van der Waals surface area contributed by atoms with Gasteiger partial charge in [-0.25, -0.2) is 0 Å². The molecule has 1 atom stereocenters. The molecule has 0 radical (unpaired) electrons. The largest absolute Gasteiger partial charge is 0.0879 e. The molecule has 2 rings (SSSR count). The van der Waals surface area contributed by atoms with Gasteiger partial charge in [0.25, 0.3) is 0 Å². The van der Waals surface area contributed by atoms with Crippen molar-refractivity contribution in [3.8, 4) is 0 Å². The third-order valence-corrected chi connectivity index (χ3v) is 2.68. The van der Waals surface area contributed by atoms with Crippen molar-refractivity contribution in [1.82, 2.24) is 0 Å². The van der Waals surface area contributed by atoms with Gasteiger partial charge in [-0.05, 0) is 32.3 Å². The molecule has 1 aromatic carbocycles. The van der Waals surface area contributed by atoms with Crippen molar-refractivity contribution in [3.63, 3.8) is 0 Å². The molecule has 1 aliphatic rings. The minimum Gasteiger partial charge on any atom is -0.0879 e. The zero-order chi connectivity index (χ0) is 9.26. The van der Waals surface area contributed by atoms with Gasteiger partial charge in [0.05, 0.1) is 0 Å². The summed E-state index contributed by atoms with van der Waals surface area (Å²) in [6.45, 7) is 4.35. The van der Waals surface area contributed by atoms with Crippen molar-refractivity contribution in [2.75, 3.05) is 0 Å². The average molecular weight is 172 g/mol. The fourth-order valence-corrected chi connectivity index (χ4v) is 2.13. The van der Waals surface area contributed by atoms with Gasteiger partial charge in [-0.15, -0.1) is 0 Å². The Labute approximate surface area is 80.3 Å². The van der Waals surface area contributed by atoms with Crippen LogP contribution in [-0.4, -0.2) is 0 Å². The second-order valence-electron chi connectivity index (χ2n) is 4.03. The topological polar surface area (TPSA) is 0 Å². The molecular formula is C13H16. The van der Waals surface area contributed by atoms with E-state index in [1.54, 1.807) is 0 Å². The van der Waals surface area contributed by atoms with Gasteiger partial charge in [-0.1, -0.05) is 41.5 Å². The first-order chi connectivity index (χ1) is 6.25. The van der Waals surface area contributed by atoms with Crippen molar-refractivity contribution in [3.05, 3.63) is 47.0 Å². The number of hydrogen-bond donors (Lipinski definition) is 0. The first kappa shape index (κ1) is 8.55. The molecule has 1 unspecified atom stereocenters. The Kier molecular flexibility index (Phi) is 2.22. The van der Waals surface area contributed by atoms with Crippen molar-refractivity contribution in [2.45, 2.75) is 32.6 Å². The highest BCUT2D eigenvalue weighted by molar-refractivity contribution is 5.34. The van der Waals surface area contributed by atoms with Crippen LogP contribution in [0.1, 0.15) is 35.4 Å². The summed E-state index contributed by atoms with van der Waals surface area (Å²) < 4.78 is 0. The molecule has 0 N–H and O–H groups in total. The number of aryl methyl sites for hydroxylation is 2. The predicted molar refractivity (Wildman–Crippen MR) is 57.0 cm³/mol. The van der Waals surface area contributed by atoms with E-state index in [-0.39, 0.29) is 0 Å². The average Bonchev–Trinajstić information content (AvgIpc) is 2.53. The van der Waals surface area contributed by atoms with E-state index in [0.29, 0.717) is 5.92 Å². The SMILES string of the molecule is Cc1cc(C)cc(C2C=CCC2)c1. The van der Waals surface area contributed by atoms with E-state index < -0.39 is 0 Å². The van der Waals surface area contributed by atoms with E-state index in [9.17, 15) is 0 Å². The Hall–Kier alpha value is -1.04. The summed E-state index contributed by atoms with van der Waals surface area (Å²) in [5.74, 6) is 0.679. The molecule has 0 saturated heterocycles. The summed E-state index contributed by atoms with van der Waals surface area (Å²) >= 11 is 0. The number of rotatable bonds is 1. The standard InChI is InChI=1S/C13H16/c1-10-7-11(2)9-13(8-10)12-5-3-4-6-12/h3,5,7-9,12H,4,6H2,1-2H3. The van der Waals surface area contributed by atoms with E-state index in [2.05, 4.69) is 44.2 Å². The van der Waals surface area contributed by atoms with Crippen LogP contribution in [0.2, 0.25) is 0 Å². The maximum Gasteiger partial charge on any atom is 0.00211 e. The lowest BCUT2D eigenvalue weighted by Crippen LogP contribution is -1.92. The second kappa shape index (κ2) is 3.37. The minimum atomic E-state index is 0.679. The molecular weight excluding hydrogens is 156 g/mol. The number of hydrogen-bond acceptors (Lipinski definition) is 0. The summed E-state index contributed by atoms with van der Waals surface area (Å²) in [5.41, 5.74) is 4.26. The third kappa shape index (κ3) is 1.82. The molecule has 1 aromatic rings. The normalized spacial score (nSPS) is 20.9. The monoisotopic (exact) mass is 172 g/mol. The molecule has 0 bridgehead atoms. The van der Waals surface area contributed by atoms with Crippen molar-refractivity contribution in [1.29, 1.82) is 0 Å². The van der Waals surface area contributed by atoms with Crippen LogP contribution < -0.4 is 0 Å². The third-order valence-electron chi connectivity index (χ3n) is 2.68. The minimum absolute atomic E-state index is 0.679. The fourth-order valence-electron chi connectivity index (χ4n) is 2.13. The molecule has 0 heterocycles. The zero-order valence-corrected chi connectivity index (χ0v) is 8.38. The fraction of sp³-hybridized carbons (Fsp3) is 0.385. The van der Waals surface area contributed by atoms with Crippen LogP contribution in [0.5, 0.6) is 0 Å². The molecule has 0 fully saturated rings. The zero-order valence-electron chi connectivity index (χ0n) is 8.38. The van der Waals surface area contributed by atoms with Crippen molar-refractivity contribution in [2.24, 2.45) is 0 Å². The molecule has 1 aliphatic carbocycles. The van der Waals surface area contributed by atoms with Crippen LogP contribution in [0.25, 0.3) is 0 Å². The number of allylic oxidation sites excluding steroid dienone is 2. The highest BCUT2D eigenvalue weighted by Crippen LogP contribution is 2.29. The first-order valence-electron chi connectivity index (χ1n) is 5.00. The predicted octanol–water partition coefficient (Wildman–Crippen LogP) is 3.74. The molecule has 0 amide bonds. The lowest BCUT2D eigenvalue weighted by atomic mass is 9.95. The highest BCUT2D eigenvalue weighted by Gasteiger charge is 2.11. The Bertz CT molecular complexity index is 314. The van der Waals surface area contributed by atoms with Crippen LogP contribution in [0.4, 0.5) is 0 Å². The van der Waals surface area contributed by atoms with Crippen molar-refractivity contribution >= 4 is 0 Å². The maximum absolute atomic E-state index is 2.34. The summed E-state index contributed by atoms with van der Waals surface area (Å²) in [5, 5.41) is 0. The summed E-state index contributed by atoms with van der Waals surface area (Å²) in [4.78, 5) is 0. The van der Waals surface area contributed by atoms with Gasteiger partial charge in [-0.3, -0.25) is 0 Å². The first-order valence-corrected chi connectivity index (χ1v) is 5.00. The molecule has 0 heteroatoms.